The molecule has 3 aromatic rings. The topological polar surface area (TPSA) is 54.6 Å². The molecule has 0 radical (unpaired) electrons. The summed E-state index contributed by atoms with van der Waals surface area (Å²) in [5, 5.41) is 1.83. The molecule has 1 amide bonds. The highest BCUT2D eigenvalue weighted by molar-refractivity contribution is 6.35. The summed E-state index contributed by atoms with van der Waals surface area (Å²) >= 11 is 6.27. The largest absolute Gasteiger partial charge is 0.493 e. The van der Waals surface area contributed by atoms with Crippen LogP contribution in [0.15, 0.2) is 54.7 Å². The van der Waals surface area contributed by atoms with Gasteiger partial charge >= 0.3 is 0 Å². The van der Waals surface area contributed by atoms with Gasteiger partial charge in [-0.1, -0.05) is 35.9 Å². The number of benzene rings is 2. The molecule has 0 fully saturated rings. The lowest BCUT2D eigenvalue weighted by Gasteiger charge is -2.25. The molecule has 0 saturated carbocycles. The third-order valence-electron chi connectivity index (χ3n) is 5.36. The fraction of sp³-hybridized carbons (Fsp3) is 0.208. The lowest BCUT2D eigenvalue weighted by Crippen LogP contribution is -2.33. The second kappa shape index (κ2) is 8.67. The summed E-state index contributed by atoms with van der Waals surface area (Å²) in [5.74, 6) is 1.28. The average molecular weight is 423 g/mol. The van der Waals surface area contributed by atoms with Gasteiger partial charge in [0.2, 0.25) is 5.91 Å². The molecular weight excluding hydrogens is 400 g/mol. The highest BCUT2D eigenvalue weighted by atomic mass is 35.5. The zero-order chi connectivity index (χ0) is 21.1. The van der Waals surface area contributed by atoms with Crippen LogP contribution < -0.4 is 9.47 Å². The molecule has 0 unspecified atom stereocenters. The number of rotatable bonds is 5. The van der Waals surface area contributed by atoms with E-state index in [1.54, 1.807) is 26.4 Å². The molecule has 1 aromatic heterocycles. The maximum absolute atomic E-state index is 12.6. The predicted molar refractivity (Wildman–Crippen MR) is 121 cm³/mol. The Morgan fingerprint density at radius 1 is 1.17 bits per heavy atom. The summed E-state index contributed by atoms with van der Waals surface area (Å²) < 4.78 is 10.6. The molecule has 30 heavy (non-hydrogen) atoms. The van der Waals surface area contributed by atoms with Crippen LogP contribution in [0.4, 0.5) is 0 Å². The van der Waals surface area contributed by atoms with Crippen molar-refractivity contribution in [3.63, 3.8) is 0 Å². The zero-order valence-corrected chi connectivity index (χ0v) is 17.7. The number of para-hydroxylation sites is 1. The molecule has 1 aliphatic heterocycles. The molecule has 5 nitrogen and oxygen atoms in total. The van der Waals surface area contributed by atoms with E-state index >= 15 is 0 Å². The molecule has 0 aliphatic carbocycles. The first-order valence-electron chi connectivity index (χ1n) is 9.74. The van der Waals surface area contributed by atoms with Gasteiger partial charge in [-0.15, -0.1) is 0 Å². The molecule has 1 N–H and O–H groups in total. The Morgan fingerprint density at radius 2 is 2.00 bits per heavy atom. The molecule has 0 saturated heterocycles. The van der Waals surface area contributed by atoms with Gasteiger partial charge in [-0.3, -0.25) is 4.79 Å². The van der Waals surface area contributed by atoms with Crippen molar-refractivity contribution in [2.24, 2.45) is 0 Å². The number of H-pyrrole nitrogens is 1. The van der Waals surface area contributed by atoms with Crippen LogP contribution in [-0.2, 0) is 4.79 Å². The van der Waals surface area contributed by atoms with Gasteiger partial charge in [-0.25, -0.2) is 0 Å². The number of halogens is 1. The Balaban J connectivity index is 1.45. The number of ether oxygens (including phenoxy) is 2. The molecule has 154 valence electrons. The number of carbonyl (C=O) groups excluding carboxylic acids is 1. The van der Waals surface area contributed by atoms with E-state index in [4.69, 9.17) is 21.1 Å². The van der Waals surface area contributed by atoms with Gasteiger partial charge in [0.15, 0.2) is 11.5 Å². The predicted octanol–water partition coefficient (Wildman–Crippen LogP) is 5.17. The van der Waals surface area contributed by atoms with Crippen LogP contribution in [-0.4, -0.2) is 43.1 Å². The van der Waals surface area contributed by atoms with Crippen LogP contribution >= 0.6 is 11.6 Å². The first kappa shape index (κ1) is 20.1. The summed E-state index contributed by atoms with van der Waals surface area (Å²) in [6.07, 6.45) is 8.32. The molecule has 0 atom stereocenters. The summed E-state index contributed by atoms with van der Waals surface area (Å²) in [6, 6.07) is 11.5. The standard InChI is InChI=1S/C24H23ClN2O3/c1-29-21-8-6-16(14-22(21)30-2)7-9-23(28)27-12-10-17(11-13-27)19-15-26-24-18(19)4-3-5-20(24)25/h3-10,14-15,26H,11-13H2,1-2H3/b9-7+. The van der Waals surface area contributed by atoms with Crippen LogP contribution in [0, 0.1) is 0 Å². The molecule has 6 heteroatoms. The van der Waals surface area contributed by atoms with Crippen LogP contribution in [0.2, 0.25) is 5.02 Å². The Labute approximate surface area is 180 Å². The molecule has 4 rings (SSSR count). The molecular formula is C24H23ClN2O3. The third-order valence-corrected chi connectivity index (χ3v) is 5.67. The lowest BCUT2D eigenvalue weighted by molar-refractivity contribution is -0.125. The van der Waals surface area contributed by atoms with Crippen molar-refractivity contribution >= 4 is 40.1 Å². The zero-order valence-electron chi connectivity index (χ0n) is 16.9. The van der Waals surface area contributed by atoms with Gasteiger partial charge in [0.05, 0.1) is 24.8 Å². The number of nitrogens with one attached hydrogen (secondary N) is 1. The van der Waals surface area contributed by atoms with E-state index < -0.39 is 0 Å². The van der Waals surface area contributed by atoms with E-state index in [0.29, 0.717) is 29.6 Å². The highest BCUT2D eigenvalue weighted by Gasteiger charge is 2.18. The van der Waals surface area contributed by atoms with Crippen molar-refractivity contribution in [2.45, 2.75) is 6.42 Å². The van der Waals surface area contributed by atoms with E-state index in [1.807, 2.05) is 41.4 Å². The quantitative estimate of drug-likeness (QED) is 0.577. The van der Waals surface area contributed by atoms with Crippen LogP contribution in [0.5, 0.6) is 11.5 Å². The fourth-order valence-corrected chi connectivity index (χ4v) is 3.96. The van der Waals surface area contributed by atoms with Crippen LogP contribution in [0.25, 0.3) is 22.6 Å². The molecule has 1 aliphatic rings. The van der Waals surface area contributed by atoms with Crippen molar-refractivity contribution in [3.05, 3.63) is 70.9 Å². The summed E-state index contributed by atoms with van der Waals surface area (Å²) in [4.78, 5) is 17.7. The smallest absolute Gasteiger partial charge is 0.246 e. The number of amides is 1. The SMILES string of the molecule is COc1ccc(/C=C/C(=O)N2CC=C(c3c[nH]c4c(Cl)cccc34)CC2)cc1OC. The minimum Gasteiger partial charge on any atom is -0.493 e. The van der Waals surface area contributed by atoms with Gasteiger partial charge in [0.1, 0.15) is 0 Å². The van der Waals surface area contributed by atoms with E-state index in [0.717, 1.165) is 28.5 Å². The van der Waals surface area contributed by atoms with Crippen LogP contribution in [0.1, 0.15) is 17.5 Å². The first-order valence-corrected chi connectivity index (χ1v) is 10.1. The maximum Gasteiger partial charge on any atom is 0.246 e. The van der Waals surface area contributed by atoms with Crippen molar-refractivity contribution < 1.29 is 14.3 Å². The third kappa shape index (κ3) is 3.94. The fourth-order valence-electron chi connectivity index (χ4n) is 3.73. The second-order valence-electron chi connectivity index (χ2n) is 7.08. The van der Waals surface area contributed by atoms with Crippen molar-refractivity contribution in [3.8, 4) is 11.5 Å². The monoisotopic (exact) mass is 422 g/mol. The number of methoxy groups -OCH3 is 2. The van der Waals surface area contributed by atoms with Crippen molar-refractivity contribution in [1.82, 2.24) is 9.88 Å². The van der Waals surface area contributed by atoms with E-state index in [2.05, 4.69) is 17.1 Å². The minimum absolute atomic E-state index is 0.0120. The Bertz CT molecular complexity index is 1150. The van der Waals surface area contributed by atoms with Crippen molar-refractivity contribution in [1.29, 1.82) is 0 Å². The van der Waals surface area contributed by atoms with E-state index in [-0.39, 0.29) is 5.91 Å². The number of aromatic nitrogens is 1. The van der Waals surface area contributed by atoms with E-state index in [1.165, 1.54) is 5.57 Å². The summed E-state index contributed by atoms with van der Waals surface area (Å²) in [5.41, 5.74) is 4.22. The normalized spacial score (nSPS) is 14.2. The Morgan fingerprint density at radius 3 is 2.73 bits per heavy atom. The second-order valence-corrected chi connectivity index (χ2v) is 7.48. The number of carbonyl (C=O) groups is 1. The Hall–Kier alpha value is -3.18. The number of nitrogens with zero attached hydrogens (tertiary/aromatic N) is 1. The van der Waals surface area contributed by atoms with Crippen LogP contribution in [0.3, 0.4) is 0 Å². The van der Waals surface area contributed by atoms with Gasteiger partial charge in [-0.05, 0) is 41.8 Å². The number of hydrogen-bond donors (Lipinski definition) is 1. The Kier molecular flexibility index (Phi) is 5.81. The highest BCUT2D eigenvalue weighted by Crippen LogP contribution is 2.32. The van der Waals surface area contributed by atoms with Gasteiger partial charge < -0.3 is 19.4 Å². The maximum atomic E-state index is 12.6. The van der Waals surface area contributed by atoms with Gasteiger partial charge in [-0.2, -0.15) is 0 Å². The molecule has 0 spiro atoms. The number of aromatic amines is 1. The first-order chi connectivity index (χ1) is 14.6. The van der Waals surface area contributed by atoms with Crippen molar-refractivity contribution in [2.75, 3.05) is 27.3 Å². The lowest BCUT2D eigenvalue weighted by atomic mass is 9.99. The number of hydrogen-bond acceptors (Lipinski definition) is 3. The summed E-state index contributed by atoms with van der Waals surface area (Å²) in [6.45, 7) is 1.26. The minimum atomic E-state index is -0.0120. The number of fused-ring (bicyclic) bond motifs is 1. The van der Waals surface area contributed by atoms with Gasteiger partial charge in [0, 0.05) is 36.3 Å². The molecule has 2 aromatic carbocycles. The molecule has 2 heterocycles. The average Bonchev–Trinajstić information content (AvgIpc) is 3.23. The summed E-state index contributed by atoms with van der Waals surface area (Å²) in [7, 11) is 3.19. The molecule has 0 bridgehead atoms. The van der Waals surface area contributed by atoms with E-state index in [9.17, 15) is 4.79 Å². The van der Waals surface area contributed by atoms with Gasteiger partial charge in [0.25, 0.3) is 0 Å².